The summed E-state index contributed by atoms with van der Waals surface area (Å²) >= 11 is 1.47. The molecule has 150 valence electrons. The van der Waals surface area contributed by atoms with E-state index in [1.54, 1.807) is 32.4 Å². The fraction of sp³-hybridized carbons (Fsp3) is 0.588. The van der Waals surface area contributed by atoms with E-state index in [0.29, 0.717) is 12.3 Å². The highest BCUT2D eigenvalue weighted by Crippen LogP contribution is 2.21. The fourth-order valence-corrected chi connectivity index (χ4v) is 3.68. The molecule has 1 atom stereocenters. The number of guanidine groups is 1. The Morgan fingerprint density at radius 3 is 2.70 bits per heavy atom. The molecule has 0 aliphatic carbocycles. The summed E-state index contributed by atoms with van der Waals surface area (Å²) in [5, 5.41) is 14.8. The summed E-state index contributed by atoms with van der Waals surface area (Å²) in [4.78, 5) is 13.4. The number of hydrogen-bond donors (Lipinski definition) is 2. The lowest BCUT2D eigenvalue weighted by Gasteiger charge is -2.36. The first-order chi connectivity index (χ1) is 12.5. The van der Waals surface area contributed by atoms with Crippen LogP contribution in [0.25, 0.3) is 0 Å². The summed E-state index contributed by atoms with van der Waals surface area (Å²) in [5.41, 5.74) is -1.09. The predicted octanol–water partition coefficient (Wildman–Crippen LogP) is 1.92. The van der Waals surface area contributed by atoms with E-state index >= 15 is 0 Å². The van der Waals surface area contributed by atoms with Crippen molar-refractivity contribution in [3.63, 3.8) is 0 Å². The minimum Gasteiger partial charge on any atom is -0.466 e. The van der Waals surface area contributed by atoms with Gasteiger partial charge in [0.2, 0.25) is 5.13 Å². The fourth-order valence-electron chi connectivity index (χ4n) is 2.88. The Morgan fingerprint density at radius 1 is 1.41 bits per heavy atom. The largest absolute Gasteiger partial charge is 0.466 e. The first-order valence-corrected chi connectivity index (χ1v) is 9.60. The zero-order valence-corrected chi connectivity index (χ0v) is 19.0. The molecule has 0 spiro atoms. The second-order valence-electron chi connectivity index (χ2n) is 6.47. The van der Waals surface area contributed by atoms with Crippen molar-refractivity contribution in [1.82, 2.24) is 19.6 Å². The van der Waals surface area contributed by atoms with Crippen molar-refractivity contribution >= 4 is 46.6 Å². The van der Waals surface area contributed by atoms with Crippen molar-refractivity contribution < 1.29 is 9.52 Å². The van der Waals surface area contributed by atoms with Crippen molar-refractivity contribution in [2.75, 3.05) is 44.7 Å². The SMILES string of the molecule is CCc1nsc(N2CCN(C(=NC)NCC(C)(O)c3ccco3)CC2)n1.I. The van der Waals surface area contributed by atoms with Gasteiger partial charge in [-0.1, -0.05) is 6.92 Å². The van der Waals surface area contributed by atoms with Gasteiger partial charge in [-0.05, 0) is 19.1 Å². The van der Waals surface area contributed by atoms with E-state index in [4.69, 9.17) is 4.42 Å². The van der Waals surface area contributed by atoms with E-state index in [1.807, 2.05) is 0 Å². The van der Waals surface area contributed by atoms with Gasteiger partial charge in [-0.2, -0.15) is 4.37 Å². The zero-order valence-electron chi connectivity index (χ0n) is 15.9. The van der Waals surface area contributed by atoms with Gasteiger partial charge in [-0.3, -0.25) is 4.99 Å². The van der Waals surface area contributed by atoms with E-state index in [1.165, 1.54) is 11.5 Å². The van der Waals surface area contributed by atoms with Gasteiger partial charge in [0.25, 0.3) is 0 Å². The molecule has 3 heterocycles. The molecule has 0 radical (unpaired) electrons. The third-order valence-corrected chi connectivity index (χ3v) is 5.29. The molecule has 0 bridgehead atoms. The smallest absolute Gasteiger partial charge is 0.205 e. The van der Waals surface area contributed by atoms with Crippen LogP contribution in [0.2, 0.25) is 0 Å². The highest BCUT2D eigenvalue weighted by Gasteiger charge is 2.28. The molecule has 1 fully saturated rings. The van der Waals surface area contributed by atoms with Crippen LogP contribution in [0.3, 0.4) is 0 Å². The molecule has 0 amide bonds. The first kappa shape index (κ1) is 21.9. The molecule has 8 nitrogen and oxygen atoms in total. The highest BCUT2D eigenvalue weighted by atomic mass is 127. The van der Waals surface area contributed by atoms with Gasteiger partial charge in [-0.15, -0.1) is 24.0 Å². The molecule has 1 unspecified atom stereocenters. The number of rotatable bonds is 5. The van der Waals surface area contributed by atoms with Gasteiger partial charge in [0.1, 0.15) is 17.2 Å². The second-order valence-corrected chi connectivity index (χ2v) is 7.20. The number of nitrogens with zero attached hydrogens (tertiary/aromatic N) is 5. The van der Waals surface area contributed by atoms with E-state index in [0.717, 1.165) is 49.5 Å². The number of nitrogens with one attached hydrogen (secondary N) is 1. The molecule has 27 heavy (non-hydrogen) atoms. The van der Waals surface area contributed by atoms with Crippen molar-refractivity contribution in [2.24, 2.45) is 4.99 Å². The number of halogens is 1. The minimum atomic E-state index is -1.09. The highest BCUT2D eigenvalue weighted by molar-refractivity contribution is 14.0. The topological polar surface area (TPSA) is 90.0 Å². The molecule has 1 aliphatic heterocycles. The summed E-state index contributed by atoms with van der Waals surface area (Å²) < 4.78 is 9.69. The minimum absolute atomic E-state index is 0. The maximum Gasteiger partial charge on any atom is 0.205 e. The molecule has 0 saturated carbocycles. The molecule has 0 aromatic carbocycles. The number of aliphatic imine (C=N–C) groups is 1. The van der Waals surface area contributed by atoms with Gasteiger partial charge in [0.15, 0.2) is 5.96 Å². The molecular formula is C17H27IN6O2S. The zero-order chi connectivity index (χ0) is 18.6. The van der Waals surface area contributed by atoms with Crippen molar-refractivity contribution in [2.45, 2.75) is 25.9 Å². The van der Waals surface area contributed by atoms with Crippen molar-refractivity contribution in [3.8, 4) is 0 Å². The Morgan fingerprint density at radius 2 is 2.15 bits per heavy atom. The summed E-state index contributed by atoms with van der Waals surface area (Å²) in [6.07, 6.45) is 2.43. The number of anilines is 1. The van der Waals surface area contributed by atoms with Crippen LogP contribution in [0.5, 0.6) is 0 Å². The summed E-state index contributed by atoms with van der Waals surface area (Å²) in [6.45, 7) is 7.53. The number of piperazine rings is 1. The van der Waals surface area contributed by atoms with Crippen LogP contribution >= 0.6 is 35.5 Å². The maximum atomic E-state index is 10.6. The second kappa shape index (κ2) is 9.69. The van der Waals surface area contributed by atoms with Crippen LogP contribution in [0, 0.1) is 0 Å². The van der Waals surface area contributed by atoms with Gasteiger partial charge < -0.3 is 24.6 Å². The Labute approximate surface area is 180 Å². The number of aromatic nitrogens is 2. The number of aliphatic hydroxyl groups is 1. The Bertz CT molecular complexity index is 726. The molecule has 1 saturated heterocycles. The Kier molecular flexibility index (Phi) is 7.86. The lowest BCUT2D eigenvalue weighted by Crippen LogP contribution is -2.54. The normalized spacial score (nSPS) is 17.4. The van der Waals surface area contributed by atoms with Crippen LogP contribution < -0.4 is 10.2 Å². The van der Waals surface area contributed by atoms with E-state index in [2.05, 4.69) is 36.4 Å². The molecule has 2 aromatic rings. The molecule has 10 heteroatoms. The standard InChI is InChI=1S/C17H26N6O2S.HI/c1-4-14-20-16(26-21-14)23-9-7-22(8-10-23)15(18-3)19-12-17(2,24)13-6-5-11-25-13;/h5-6,11,24H,4,7-10,12H2,1-3H3,(H,18,19);1H. The van der Waals surface area contributed by atoms with Crippen molar-refractivity contribution in [3.05, 3.63) is 30.0 Å². The molecule has 2 N–H and O–H groups in total. The van der Waals surface area contributed by atoms with Crippen LogP contribution in [-0.2, 0) is 12.0 Å². The third-order valence-electron chi connectivity index (χ3n) is 4.48. The van der Waals surface area contributed by atoms with Crippen LogP contribution in [0.15, 0.2) is 27.8 Å². The summed E-state index contributed by atoms with van der Waals surface area (Å²) in [7, 11) is 1.76. The molecule has 2 aromatic heterocycles. The lowest BCUT2D eigenvalue weighted by atomic mass is 10.0. The molecular weight excluding hydrogens is 479 g/mol. The molecule has 1 aliphatic rings. The Balaban J connectivity index is 0.00000261. The summed E-state index contributed by atoms with van der Waals surface area (Å²) in [5.74, 6) is 2.22. The van der Waals surface area contributed by atoms with Gasteiger partial charge >= 0.3 is 0 Å². The first-order valence-electron chi connectivity index (χ1n) is 8.83. The van der Waals surface area contributed by atoms with Crippen molar-refractivity contribution in [1.29, 1.82) is 0 Å². The van der Waals surface area contributed by atoms with Crippen LogP contribution in [0.4, 0.5) is 5.13 Å². The average molecular weight is 506 g/mol. The lowest BCUT2D eigenvalue weighted by molar-refractivity contribution is 0.0379. The number of hydrogen-bond acceptors (Lipinski definition) is 7. The van der Waals surface area contributed by atoms with E-state index in [9.17, 15) is 5.11 Å². The monoisotopic (exact) mass is 506 g/mol. The quantitative estimate of drug-likeness (QED) is 0.364. The predicted molar refractivity (Wildman–Crippen MR) is 118 cm³/mol. The number of furan rings is 1. The van der Waals surface area contributed by atoms with Crippen LogP contribution in [0.1, 0.15) is 25.4 Å². The van der Waals surface area contributed by atoms with E-state index < -0.39 is 5.60 Å². The van der Waals surface area contributed by atoms with Gasteiger partial charge in [0, 0.05) is 51.2 Å². The van der Waals surface area contributed by atoms with Crippen LogP contribution in [-0.4, -0.2) is 65.1 Å². The van der Waals surface area contributed by atoms with E-state index in [-0.39, 0.29) is 24.0 Å². The maximum absolute atomic E-state index is 10.6. The van der Waals surface area contributed by atoms with Gasteiger partial charge in [0.05, 0.1) is 12.8 Å². The third kappa shape index (κ3) is 5.32. The molecule has 3 rings (SSSR count). The van der Waals surface area contributed by atoms with Gasteiger partial charge in [-0.25, -0.2) is 4.98 Å². The number of aryl methyl sites for hydroxylation is 1. The summed E-state index contributed by atoms with van der Waals surface area (Å²) in [6, 6.07) is 3.55. The average Bonchev–Trinajstić information content (AvgIpc) is 3.35. The Hall–Kier alpha value is -1.40.